The van der Waals surface area contributed by atoms with Gasteiger partial charge in [0.2, 0.25) is 0 Å². The van der Waals surface area contributed by atoms with Gasteiger partial charge >= 0.3 is 5.97 Å². The standard InChI is InChI=1S/C16H18N2O3/c1-16(2,3)21-15(19)14-9-8-13(10-18-14)20-12-6-4-11(17)5-7-12/h4-10H,17H2,1-3H3. The number of nitrogens with zero attached hydrogens (tertiary/aromatic N) is 1. The van der Waals surface area contributed by atoms with E-state index in [1.165, 1.54) is 6.20 Å². The lowest BCUT2D eigenvalue weighted by Crippen LogP contribution is -2.24. The van der Waals surface area contributed by atoms with Crippen LogP contribution in [-0.2, 0) is 4.74 Å². The zero-order valence-corrected chi connectivity index (χ0v) is 12.3. The van der Waals surface area contributed by atoms with Gasteiger partial charge in [-0.05, 0) is 57.2 Å². The van der Waals surface area contributed by atoms with Crippen LogP contribution in [0.5, 0.6) is 11.5 Å². The van der Waals surface area contributed by atoms with Crippen molar-refractivity contribution in [2.45, 2.75) is 26.4 Å². The van der Waals surface area contributed by atoms with Gasteiger partial charge in [-0.3, -0.25) is 0 Å². The molecule has 0 bridgehead atoms. The van der Waals surface area contributed by atoms with Crippen molar-refractivity contribution in [3.8, 4) is 11.5 Å². The Balaban J connectivity index is 2.05. The maximum atomic E-state index is 11.8. The summed E-state index contributed by atoms with van der Waals surface area (Å²) in [5.41, 5.74) is 5.97. The minimum Gasteiger partial charge on any atom is -0.456 e. The van der Waals surface area contributed by atoms with Crippen LogP contribution in [0.4, 0.5) is 5.69 Å². The largest absolute Gasteiger partial charge is 0.456 e. The molecule has 5 nitrogen and oxygen atoms in total. The van der Waals surface area contributed by atoms with Crippen molar-refractivity contribution in [3.63, 3.8) is 0 Å². The van der Waals surface area contributed by atoms with Gasteiger partial charge in [0.1, 0.15) is 22.8 Å². The molecular weight excluding hydrogens is 268 g/mol. The second kappa shape index (κ2) is 5.83. The molecular formula is C16H18N2O3. The number of aromatic nitrogens is 1. The maximum absolute atomic E-state index is 11.8. The fraction of sp³-hybridized carbons (Fsp3) is 0.250. The van der Waals surface area contributed by atoms with Gasteiger partial charge < -0.3 is 15.2 Å². The van der Waals surface area contributed by atoms with Crippen molar-refractivity contribution < 1.29 is 14.3 Å². The van der Waals surface area contributed by atoms with Gasteiger partial charge in [0.05, 0.1) is 6.20 Å². The van der Waals surface area contributed by atoms with Crippen LogP contribution in [-0.4, -0.2) is 16.6 Å². The molecule has 0 fully saturated rings. The predicted molar refractivity (Wildman–Crippen MR) is 80.3 cm³/mol. The zero-order valence-electron chi connectivity index (χ0n) is 12.3. The van der Waals surface area contributed by atoms with Gasteiger partial charge in [0.25, 0.3) is 0 Å². The highest BCUT2D eigenvalue weighted by molar-refractivity contribution is 5.87. The summed E-state index contributed by atoms with van der Waals surface area (Å²) < 4.78 is 10.8. The summed E-state index contributed by atoms with van der Waals surface area (Å²) in [4.78, 5) is 15.9. The fourth-order valence-corrected chi connectivity index (χ4v) is 1.56. The Kier molecular flexibility index (Phi) is 4.12. The molecule has 0 saturated carbocycles. The molecule has 0 aliphatic rings. The molecule has 2 rings (SSSR count). The minimum absolute atomic E-state index is 0.245. The van der Waals surface area contributed by atoms with E-state index in [-0.39, 0.29) is 5.69 Å². The number of esters is 1. The first-order chi connectivity index (χ1) is 9.83. The number of anilines is 1. The highest BCUT2D eigenvalue weighted by atomic mass is 16.6. The Morgan fingerprint density at radius 1 is 1.05 bits per heavy atom. The van der Waals surface area contributed by atoms with Gasteiger partial charge in [0.15, 0.2) is 0 Å². The number of nitrogens with two attached hydrogens (primary N) is 1. The number of nitrogen functional groups attached to an aromatic ring is 1. The molecule has 0 amide bonds. The average molecular weight is 286 g/mol. The van der Waals surface area contributed by atoms with Crippen LogP contribution in [0.3, 0.4) is 0 Å². The molecule has 1 aromatic carbocycles. The highest BCUT2D eigenvalue weighted by Crippen LogP contribution is 2.22. The monoisotopic (exact) mass is 286 g/mol. The van der Waals surface area contributed by atoms with Crippen molar-refractivity contribution >= 4 is 11.7 Å². The summed E-state index contributed by atoms with van der Waals surface area (Å²) in [7, 11) is 0. The predicted octanol–water partition coefficient (Wildman–Crippen LogP) is 3.41. The van der Waals surface area contributed by atoms with E-state index in [9.17, 15) is 4.79 Å². The van der Waals surface area contributed by atoms with Gasteiger partial charge in [-0.2, -0.15) is 0 Å². The zero-order chi connectivity index (χ0) is 15.5. The highest BCUT2D eigenvalue weighted by Gasteiger charge is 2.18. The Bertz CT molecular complexity index is 613. The van der Waals surface area contributed by atoms with Crippen LogP contribution >= 0.6 is 0 Å². The number of ether oxygens (including phenoxy) is 2. The summed E-state index contributed by atoms with van der Waals surface area (Å²) in [6, 6.07) is 10.3. The van der Waals surface area contributed by atoms with E-state index in [2.05, 4.69) is 4.98 Å². The summed E-state index contributed by atoms with van der Waals surface area (Å²) in [6.07, 6.45) is 1.48. The number of hydrogen-bond donors (Lipinski definition) is 1. The minimum atomic E-state index is -0.544. The number of carbonyl (C=O) groups is 1. The molecule has 21 heavy (non-hydrogen) atoms. The summed E-state index contributed by atoms with van der Waals surface area (Å²) >= 11 is 0. The molecule has 2 aromatic rings. The van der Waals surface area contributed by atoms with Crippen molar-refractivity contribution in [3.05, 3.63) is 48.3 Å². The lowest BCUT2D eigenvalue weighted by molar-refractivity contribution is 0.00628. The molecule has 1 aromatic heterocycles. The third-order valence-electron chi connectivity index (χ3n) is 2.46. The van der Waals surface area contributed by atoms with Crippen LogP contribution in [0.1, 0.15) is 31.3 Å². The molecule has 110 valence electrons. The normalized spacial score (nSPS) is 11.0. The third kappa shape index (κ3) is 4.49. The number of rotatable bonds is 3. The number of benzene rings is 1. The first-order valence-corrected chi connectivity index (χ1v) is 6.56. The molecule has 0 atom stereocenters. The number of pyridine rings is 1. The van der Waals surface area contributed by atoms with Crippen LogP contribution < -0.4 is 10.5 Å². The van der Waals surface area contributed by atoms with E-state index in [1.54, 1.807) is 36.4 Å². The van der Waals surface area contributed by atoms with E-state index in [4.69, 9.17) is 15.2 Å². The van der Waals surface area contributed by atoms with Crippen molar-refractivity contribution in [1.82, 2.24) is 4.98 Å². The van der Waals surface area contributed by atoms with E-state index in [0.29, 0.717) is 17.2 Å². The molecule has 1 heterocycles. The SMILES string of the molecule is CC(C)(C)OC(=O)c1ccc(Oc2ccc(N)cc2)cn1. The second-order valence-corrected chi connectivity index (χ2v) is 5.55. The fourth-order valence-electron chi connectivity index (χ4n) is 1.56. The smallest absolute Gasteiger partial charge is 0.357 e. The maximum Gasteiger partial charge on any atom is 0.357 e. The van der Waals surface area contributed by atoms with Gasteiger partial charge in [-0.25, -0.2) is 9.78 Å². The molecule has 0 spiro atoms. The molecule has 0 aliphatic heterocycles. The average Bonchev–Trinajstić information content (AvgIpc) is 2.40. The van der Waals surface area contributed by atoms with Crippen LogP contribution in [0, 0.1) is 0 Å². The molecule has 0 unspecified atom stereocenters. The molecule has 5 heteroatoms. The molecule has 0 saturated heterocycles. The topological polar surface area (TPSA) is 74.4 Å². The van der Waals surface area contributed by atoms with Crippen LogP contribution in [0.2, 0.25) is 0 Å². The van der Waals surface area contributed by atoms with E-state index < -0.39 is 11.6 Å². The Labute approximate surface area is 123 Å². The van der Waals surface area contributed by atoms with Crippen molar-refractivity contribution in [1.29, 1.82) is 0 Å². The van der Waals surface area contributed by atoms with Crippen LogP contribution in [0.25, 0.3) is 0 Å². The van der Waals surface area contributed by atoms with E-state index in [0.717, 1.165) is 0 Å². The third-order valence-corrected chi connectivity index (χ3v) is 2.46. The first-order valence-electron chi connectivity index (χ1n) is 6.56. The lowest BCUT2D eigenvalue weighted by atomic mass is 10.2. The van der Waals surface area contributed by atoms with E-state index >= 15 is 0 Å². The van der Waals surface area contributed by atoms with E-state index in [1.807, 2.05) is 20.8 Å². The number of carbonyl (C=O) groups excluding carboxylic acids is 1. The van der Waals surface area contributed by atoms with Gasteiger partial charge in [-0.15, -0.1) is 0 Å². The molecule has 0 radical (unpaired) electrons. The summed E-state index contributed by atoms with van der Waals surface area (Å²) in [5, 5.41) is 0. The quantitative estimate of drug-likeness (QED) is 0.691. The number of hydrogen-bond acceptors (Lipinski definition) is 5. The molecule has 0 aliphatic carbocycles. The van der Waals surface area contributed by atoms with Crippen molar-refractivity contribution in [2.75, 3.05) is 5.73 Å². The Morgan fingerprint density at radius 3 is 2.19 bits per heavy atom. The van der Waals surface area contributed by atoms with Gasteiger partial charge in [-0.1, -0.05) is 0 Å². The summed E-state index contributed by atoms with van der Waals surface area (Å²) in [6.45, 7) is 5.43. The Hall–Kier alpha value is -2.56. The van der Waals surface area contributed by atoms with Gasteiger partial charge in [0, 0.05) is 5.69 Å². The second-order valence-electron chi connectivity index (χ2n) is 5.55. The van der Waals surface area contributed by atoms with Crippen LogP contribution in [0.15, 0.2) is 42.6 Å². The summed E-state index contributed by atoms with van der Waals surface area (Å²) in [5.74, 6) is 0.727. The first kappa shape index (κ1) is 14.8. The van der Waals surface area contributed by atoms with Crippen molar-refractivity contribution in [2.24, 2.45) is 0 Å². The lowest BCUT2D eigenvalue weighted by Gasteiger charge is -2.19. The molecule has 2 N–H and O–H groups in total. The Morgan fingerprint density at radius 2 is 1.67 bits per heavy atom.